The number of halogens is 1. The smallest absolute Gasteiger partial charge is 0.254 e. The van der Waals surface area contributed by atoms with E-state index in [0.29, 0.717) is 30.4 Å². The molecule has 0 N–H and O–H groups in total. The molecule has 7 nitrogen and oxygen atoms in total. The third-order valence-corrected chi connectivity index (χ3v) is 6.66. The molecular formula is C24H26FN5O2S. The van der Waals surface area contributed by atoms with Gasteiger partial charge in [-0.1, -0.05) is 29.5 Å². The van der Waals surface area contributed by atoms with Gasteiger partial charge >= 0.3 is 0 Å². The van der Waals surface area contributed by atoms with Crippen molar-refractivity contribution in [3.8, 4) is 5.69 Å². The van der Waals surface area contributed by atoms with Crippen molar-refractivity contribution in [3.63, 3.8) is 0 Å². The lowest BCUT2D eigenvalue weighted by Gasteiger charge is -2.40. The summed E-state index contributed by atoms with van der Waals surface area (Å²) in [7, 11) is 0. The maximum absolute atomic E-state index is 13.2. The first-order chi connectivity index (χ1) is 15.8. The largest absolute Gasteiger partial charge is 0.338 e. The predicted molar refractivity (Wildman–Crippen MR) is 125 cm³/mol. The molecule has 9 heteroatoms. The Balaban J connectivity index is 1.37. The van der Waals surface area contributed by atoms with Gasteiger partial charge in [0.1, 0.15) is 11.6 Å². The highest BCUT2D eigenvalue weighted by Gasteiger charge is 2.30. The van der Waals surface area contributed by atoms with Crippen LogP contribution in [0.5, 0.6) is 0 Å². The topological polar surface area (TPSA) is 71.3 Å². The summed E-state index contributed by atoms with van der Waals surface area (Å²) < 4.78 is 15.1. The molecule has 0 aliphatic carbocycles. The van der Waals surface area contributed by atoms with Crippen molar-refractivity contribution in [3.05, 3.63) is 71.3 Å². The van der Waals surface area contributed by atoms with Crippen LogP contribution in [0.25, 0.3) is 5.69 Å². The first-order valence-electron chi connectivity index (χ1n) is 10.8. The van der Waals surface area contributed by atoms with Crippen molar-refractivity contribution in [2.45, 2.75) is 32.0 Å². The average molecular weight is 468 g/mol. The van der Waals surface area contributed by atoms with Crippen LogP contribution in [-0.2, 0) is 4.79 Å². The van der Waals surface area contributed by atoms with Crippen LogP contribution in [0.4, 0.5) is 4.39 Å². The summed E-state index contributed by atoms with van der Waals surface area (Å²) in [6.45, 7) is 7.19. The molecule has 2 heterocycles. The molecule has 0 bridgehead atoms. The second-order valence-corrected chi connectivity index (χ2v) is 9.13. The van der Waals surface area contributed by atoms with Crippen LogP contribution in [0.3, 0.4) is 0 Å². The molecule has 4 rings (SSSR count). The minimum Gasteiger partial charge on any atom is -0.338 e. The van der Waals surface area contributed by atoms with E-state index in [-0.39, 0.29) is 29.4 Å². The van der Waals surface area contributed by atoms with Gasteiger partial charge < -0.3 is 9.80 Å². The molecule has 2 amide bonds. The van der Waals surface area contributed by atoms with E-state index >= 15 is 0 Å². The lowest BCUT2D eigenvalue weighted by molar-refractivity contribution is -0.130. The zero-order valence-corrected chi connectivity index (χ0v) is 19.7. The minimum absolute atomic E-state index is 0.00293. The van der Waals surface area contributed by atoms with Crippen LogP contribution in [0, 0.1) is 19.7 Å². The molecule has 3 aromatic rings. The van der Waals surface area contributed by atoms with E-state index in [0.717, 1.165) is 11.5 Å². The Kier molecular flexibility index (Phi) is 6.78. The second-order valence-electron chi connectivity index (χ2n) is 8.18. The third kappa shape index (κ3) is 5.08. The minimum atomic E-state index is -0.374. The SMILES string of the molecule is Cc1ccc(-n2c(C)nnc2SCC(=O)N2CCN(C(=O)c3ccc(F)cc3)C(C)C2)cc1. The van der Waals surface area contributed by atoms with Crippen LogP contribution in [0.1, 0.15) is 28.7 Å². The lowest BCUT2D eigenvalue weighted by atomic mass is 10.1. The number of amides is 2. The number of carbonyl (C=O) groups is 2. The first-order valence-corrected chi connectivity index (χ1v) is 11.8. The maximum Gasteiger partial charge on any atom is 0.254 e. The van der Waals surface area contributed by atoms with E-state index < -0.39 is 0 Å². The molecule has 1 unspecified atom stereocenters. The number of nitrogens with zero attached hydrogens (tertiary/aromatic N) is 5. The molecule has 1 aromatic heterocycles. The Labute approximate surface area is 196 Å². The van der Waals surface area contributed by atoms with Gasteiger partial charge in [-0.3, -0.25) is 14.2 Å². The number of benzene rings is 2. The van der Waals surface area contributed by atoms with Crippen molar-refractivity contribution in [2.75, 3.05) is 25.4 Å². The Hall–Kier alpha value is -3.20. The number of thioether (sulfide) groups is 1. The highest BCUT2D eigenvalue weighted by Crippen LogP contribution is 2.23. The fourth-order valence-corrected chi connectivity index (χ4v) is 4.79. The monoisotopic (exact) mass is 467 g/mol. The van der Waals surface area contributed by atoms with E-state index in [4.69, 9.17) is 0 Å². The molecular weight excluding hydrogens is 441 g/mol. The Morgan fingerprint density at radius 3 is 2.39 bits per heavy atom. The Morgan fingerprint density at radius 2 is 1.73 bits per heavy atom. The molecule has 1 aliphatic rings. The number of hydrogen-bond donors (Lipinski definition) is 0. The normalized spacial score (nSPS) is 16.2. The molecule has 33 heavy (non-hydrogen) atoms. The number of rotatable bonds is 5. The molecule has 2 aromatic carbocycles. The molecule has 1 atom stereocenters. The summed E-state index contributed by atoms with van der Waals surface area (Å²) in [6, 6.07) is 13.5. The van der Waals surface area contributed by atoms with E-state index in [2.05, 4.69) is 10.2 Å². The van der Waals surface area contributed by atoms with E-state index in [1.807, 2.05) is 49.6 Å². The van der Waals surface area contributed by atoms with E-state index in [9.17, 15) is 14.0 Å². The van der Waals surface area contributed by atoms with Gasteiger partial charge in [0, 0.05) is 36.9 Å². The lowest BCUT2D eigenvalue weighted by Crippen LogP contribution is -2.55. The number of aryl methyl sites for hydroxylation is 2. The molecule has 0 radical (unpaired) electrons. The van der Waals surface area contributed by atoms with Crippen molar-refractivity contribution in [1.29, 1.82) is 0 Å². The Morgan fingerprint density at radius 1 is 1.03 bits per heavy atom. The van der Waals surface area contributed by atoms with Crippen molar-refractivity contribution >= 4 is 23.6 Å². The predicted octanol–water partition coefficient (Wildman–Crippen LogP) is 3.49. The van der Waals surface area contributed by atoms with Crippen LogP contribution in [0.15, 0.2) is 53.7 Å². The van der Waals surface area contributed by atoms with Gasteiger partial charge in [0.25, 0.3) is 5.91 Å². The average Bonchev–Trinajstić information content (AvgIpc) is 3.18. The van der Waals surface area contributed by atoms with Gasteiger partial charge in [0.05, 0.1) is 5.75 Å². The molecule has 0 saturated carbocycles. The number of aromatic nitrogens is 3. The number of piperazine rings is 1. The summed E-state index contributed by atoms with van der Waals surface area (Å²) in [6.07, 6.45) is 0. The van der Waals surface area contributed by atoms with Gasteiger partial charge in [0.15, 0.2) is 5.16 Å². The number of carbonyl (C=O) groups excluding carboxylic acids is 2. The fraction of sp³-hybridized carbons (Fsp3) is 0.333. The van der Waals surface area contributed by atoms with Crippen LogP contribution < -0.4 is 0 Å². The Bertz CT molecular complexity index is 1150. The van der Waals surface area contributed by atoms with Crippen LogP contribution >= 0.6 is 11.8 Å². The quantitative estimate of drug-likeness (QED) is 0.537. The zero-order valence-electron chi connectivity index (χ0n) is 18.9. The van der Waals surface area contributed by atoms with Crippen molar-refractivity contribution in [1.82, 2.24) is 24.6 Å². The zero-order chi connectivity index (χ0) is 23.5. The second kappa shape index (κ2) is 9.74. The van der Waals surface area contributed by atoms with E-state index in [1.54, 1.807) is 9.80 Å². The van der Waals surface area contributed by atoms with Gasteiger partial charge in [-0.25, -0.2) is 4.39 Å². The van der Waals surface area contributed by atoms with Gasteiger partial charge in [-0.15, -0.1) is 10.2 Å². The van der Waals surface area contributed by atoms with Gasteiger partial charge in [-0.05, 0) is 57.2 Å². The van der Waals surface area contributed by atoms with Crippen LogP contribution in [-0.4, -0.2) is 67.8 Å². The van der Waals surface area contributed by atoms with Gasteiger partial charge in [0.2, 0.25) is 5.91 Å². The molecule has 1 fully saturated rings. The first kappa shape index (κ1) is 23.0. The van der Waals surface area contributed by atoms with Gasteiger partial charge in [-0.2, -0.15) is 0 Å². The van der Waals surface area contributed by atoms with Crippen molar-refractivity contribution in [2.24, 2.45) is 0 Å². The molecule has 0 spiro atoms. The van der Waals surface area contributed by atoms with E-state index in [1.165, 1.54) is 41.6 Å². The molecule has 1 aliphatic heterocycles. The van der Waals surface area contributed by atoms with Crippen LogP contribution in [0.2, 0.25) is 0 Å². The maximum atomic E-state index is 13.2. The summed E-state index contributed by atoms with van der Waals surface area (Å²) in [5, 5.41) is 9.10. The summed E-state index contributed by atoms with van der Waals surface area (Å²) >= 11 is 1.36. The highest BCUT2D eigenvalue weighted by atomic mass is 32.2. The molecule has 172 valence electrons. The third-order valence-electron chi connectivity index (χ3n) is 5.74. The standard InChI is InChI=1S/C24H26FN5O2S/c1-16-4-10-21(11-5-16)30-18(3)26-27-24(30)33-15-22(31)28-12-13-29(17(2)14-28)23(32)19-6-8-20(25)9-7-19/h4-11,17H,12-15H2,1-3H3. The fourth-order valence-electron chi connectivity index (χ4n) is 3.89. The summed E-state index contributed by atoms with van der Waals surface area (Å²) in [5.41, 5.74) is 2.57. The highest BCUT2D eigenvalue weighted by molar-refractivity contribution is 7.99. The summed E-state index contributed by atoms with van der Waals surface area (Å²) in [5.74, 6) is 0.474. The number of hydrogen-bond acceptors (Lipinski definition) is 5. The molecule has 1 saturated heterocycles. The summed E-state index contributed by atoms with van der Waals surface area (Å²) in [4.78, 5) is 29.2. The van der Waals surface area contributed by atoms with Crippen molar-refractivity contribution < 1.29 is 14.0 Å².